The third-order valence-electron chi connectivity index (χ3n) is 4.50. The third kappa shape index (κ3) is 8.80. The van der Waals surface area contributed by atoms with Gasteiger partial charge in [-0.3, -0.25) is 14.4 Å². The maximum Gasteiger partial charge on any atom is 0.326 e. The van der Waals surface area contributed by atoms with Crippen molar-refractivity contribution in [3.05, 3.63) is 35.9 Å². The minimum Gasteiger partial charge on any atom is -0.480 e. The molecule has 0 aromatic heterocycles. The zero-order valence-corrected chi connectivity index (χ0v) is 19.2. The van der Waals surface area contributed by atoms with Gasteiger partial charge in [-0.1, -0.05) is 44.2 Å². The molecular formula is C20H30N4O5S2. The fourth-order valence-corrected chi connectivity index (χ4v) is 3.08. The number of aliphatic carboxylic acids is 1. The molecule has 31 heavy (non-hydrogen) atoms. The number of hydrogen-bond donors (Lipinski definition) is 7. The predicted octanol–water partition coefficient (Wildman–Crippen LogP) is -0.389. The van der Waals surface area contributed by atoms with Crippen LogP contribution in [0, 0.1) is 5.92 Å². The molecule has 0 aliphatic rings. The molecule has 172 valence electrons. The summed E-state index contributed by atoms with van der Waals surface area (Å²) in [6.45, 7) is 3.31. The number of carboxylic acids is 1. The summed E-state index contributed by atoms with van der Waals surface area (Å²) in [5.41, 5.74) is 6.49. The number of hydrogen-bond acceptors (Lipinski definition) is 7. The Hall–Kier alpha value is -2.24. The Kier molecular flexibility index (Phi) is 11.4. The van der Waals surface area contributed by atoms with E-state index in [9.17, 15) is 24.3 Å². The number of thiol groups is 2. The van der Waals surface area contributed by atoms with E-state index in [1.807, 2.05) is 6.07 Å². The Balaban J connectivity index is 2.96. The Morgan fingerprint density at radius 2 is 1.45 bits per heavy atom. The van der Waals surface area contributed by atoms with Crippen molar-refractivity contribution in [2.24, 2.45) is 11.7 Å². The van der Waals surface area contributed by atoms with Crippen molar-refractivity contribution in [1.82, 2.24) is 16.0 Å². The summed E-state index contributed by atoms with van der Waals surface area (Å²) in [5, 5.41) is 16.8. The van der Waals surface area contributed by atoms with Crippen molar-refractivity contribution in [1.29, 1.82) is 0 Å². The van der Waals surface area contributed by atoms with Gasteiger partial charge in [-0.15, -0.1) is 0 Å². The molecule has 1 aromatic carbocycles. The molecule has 1 rings (SSSR count). The molecule has 0 radical (unpaired) electrons. The summed E-state index contributed by atoms with van der Waals surface area (Å²) in [6.07, 6.45) is 0.169. The second-order valence-corrected chi connectivity index (χ2v) is 8.08. The Labute approximate surface area is 192 Å². The molecule has 0 saturated heterocycles. The average molecular weight is 471 g/mol. The minimum absolute atomic E-state index is 0.0653. The molecule has 0 bridgehead atoms. The second kappa shape index (κ2) is 13.2. The Morgan fingerprint density at radius 1 is 0.903 bits per heavy atom. The van der Waals surface area contributed by atoms with Gasteiger partial charge in [-0.25, -0.2) is 4.79 Å². The molecular weight excluding hydrogens is 440 g/mol. The lowest BCUT2D eigenvalue weighted by Gasteiger charge is -2.25. The number of nitrogens with one attached hydrogen (secondary N) is 3. The van der Waals surface area contributed by atoms with Gasteiger partial charge in [0, 0.05) is 17.9 Å². The average Bonchev–Trinajstić information content (AvgIpc) is 2.74. The summed E-state index contributed by atoms with van der Waals surface area (Å²) < 4.78 is 0. The van der Waals surface area contributed by atoms with Crippen molar-refractivity contribution in [2.75, 3.05) is 11.5 Å². The van der Waals surface area contributed by atoms with Crippen molar-refractivity contribution >= 4 is 48.9 Å². The molecule has 11 heteroatoms. The number of benzene rings is 1. The maximum absolute atomic E-state index is 12.9. The van der Waals surface area contributed by atoms with Crippen LogP contribution in [0.25, 0.3) is 0 Å². The highest BCUT2D eigenvalue weighted by atomic mass is 32.1. The van der Waals surface area contributed by atoms with E-state index >= 15 is 0 Å². The fourth-order valence-electron chi connectivity index (χ4n) is 2.65. The van der Waals surface area contributed by atoms with Gasteiger partial charge in [0.2, 0.25) is 17.7 Å². The van der Waals surface area contributed by atoms with Gasteiger partial charge >= 0.3 is 5.97 Å². The number of rotatable bonds is 12. The molecule has 0 aliphatic heterocycles. The standard InChI is InChI=1S/C20H30N4O5S2/c1-11(2)16(20(28)29)24-19(27)15(10-31)23-18(26)14(22-17(25)13(21)9-30)8-12-6-4-3-5-7-12/h3-7,11,13-16,30-31H,8-10,21H2,1-2H3,(H,22,25)(H,23,26)(H,24,27)(H,28,29). The van der Waals surface area contributed by atoms with Gasteiger partial charge < -0.3 is 26.8 Å². The Bertz CT molecular complexity index is 763. The van der Waals surface area contributed by atoms with Crippen LogP contribution in [-0.4, -0.2) is 64.5 Å². The number of carbonyl (C=O) groups is 4. The first-order chi connectivity index (χ1) is 14.6. The van der Waals surface area contributed by atoms with Crippen LogP contribution >= 0.6 is 25.3 Å². The highest BCUT2D eigenvalue weighted by Gasteiger charge is 2.30. The Morgan fingerprint density at radius 3 is 1.94 bits per heavy atom. The van der Waals surface area contributed by atoms with E-state index in [4.69, 9.17) is 5.73 Å². The van der Waals surface area contributed by atoms with E-state index in [0.717, 1.165) is 5.56 Å². The highest BCUT2D eigenvalue weighted by molar-refractivity contribution is 7.80. The van der Waals surface area contributed by atoms with Crippen LogP contribution in [0.4, 0.5) is 0 Å². The number of carbonyl (C=O) groups excluding carboxylic acids is 3. The minimum atomic E-state index is -1.18. The van der Waals surface area contributed by atoms with Crippen LogP contribution < -0.4 is 21.7 Å². The molecule has 1 aromatic rings. The van der Waals surface area contributed by atoms with E-state index in [1.54, 1.807) is 38.1 Å². The van der Waals surface area contributed by atoms with Crippen LogP contribution in [0.2, 0.25) is 0 Å². The van der Waals surface area contributed by atoms with Crippen LogP contribution in [-0.2, 0) is 25.6 Å². The maximum atomic E-state index is 12.9. The first kappa shape index (κ1) is 26.8. The molecule has 0 saturated carbocycles. The number of nitrogens with two attached hydrogens (primary N) is 1. The topological polar surface area (TPSA) is 151 Å². The zero-order valence-electron chi connectivity index (χ0n) is 17.4. The molecule has 3 amide bonds. The van der Waals surface area contributed by atoms with Crippen LogP contribution in [0.1, 0.15) is 19.4 Å². The quantitative estimate of drug-likeness (QED) is 0.207. The molecule has 4 unspecified atom stereocenters. The second-order valence-electron chi connectivity index (χ2n) is 7.35. The summed E-state index contributed by atoms with van der Waals surface area (Å²) in [5.74, 6) is -3.35. The van der Waals surface area contributed by atoms with Crippen molar-refractivity contribution in [3.63, 3.8) is 0 Å². The van der Waals surface area contributed by atoms with E-state index in [2.05, 4.69) is 41.2 Å². The summed E-state index contributed by atoms with van der Waals surface area (Å²) in [7, 11) is 0. The van der Waals surface area contributed by atoms with E-state index < -0.39 is 47.9 Å². The lowest BCUT2D eigenvalue weighted by Crippen LogP contribution is -2.58. The molecule has 0 fully saturated rings. The van der Waals surface area contributed by atoms with E-state index in [-0.39, 0.29) is 23.8 Å². The summed E-state index contributed by atoms with van der Waals surface area (Å²) in [4.78, 5) is 49.0. The van der Waals surface area contributed by atoms with Gasteiger partial charge in [0.25, 0.3) is 0 Å². The molecule has 0 aliphatic carbocycles. The van der Waals surface area contributed by atoms with Crippen LogP contribution in [0.5, 0.6) is 0 Å². The summed E-state index contributed by atoms with van der Waals surface area (Å²) in [6, 6.07) is 4.91. The molecule has 0 heterocycles. The number of amides is 3. The fraction of sp³-hybridized carbons (Fsp3) is 0.500. The van der Waals surface area contributed by atoms with Gasteiger partial charge in [-0.05, 0) is 11.5 Å². The third-order valence-corrected chi connectivity index (χ3v) is 5.25. The number of carboxylic acid groups (broad SMARTS) is 1. The monoisotopic (exact) mass is 470 g/mol. The van der Waals surface area contributed by atoms with E-state index in [1.165, 1.54) is 0 Å². The van der Waals surface area contributed by atoms with E-state index in [0.29, 0.717) is 0 Å². The van der Waals surface area contributed by atoms with Crippen LogP contribution in [0.15, 0.2) is 30.3 Å². The SMILES string of the molecule is CC(C)C(NC(=O)C(CS)NC(=O)C(Cc1ccccc1)NC(=O)C(N)CS)C(=O)O. The molecule has 0 spiro atoms. The molecule has 4 atom stereocenters. The first-order valence-electron chi connectivity index (χ1n) is 9.75. The largest absolute Gasteiger partial charge is 0.480 e. The van der Waals surface area contributed by atoms with Crippen molar-refractivity contribution < 1.29 is 24.3 Å². The normalized spacial score (nSPS) is 14.8. The van der Waals surface area contributed by atoms with Gasteiger partial charge in [0.1, 0.15) is 18.1 Å². The van der Waals surface area contributed by atoms with Gasteiger partial charge in [0.15, 0.2) is 0 Å². The first-order valence-corrected chi connectivity index (χ1v) is 11.0. The molecule has 9 nitrogen and oxygen atoms in total. The van der Waals surface area contributed by atoms with Crippen molar-refractivity contribution in [3.8, 4) is 0 Å². The highest BCUT2D eigenvalue weighted by Crippen LogP contribution is 2.06. The smallest absolute Gasteiger partial charge is 0.326 e. The summed E-state index contributed by atoms with van der Waals surface area (Å²) >= 11 is 8.09. The van der Waals surface area contributed by atoms with Crippen molar-refractivity contribution in [2.45, 2.75) is 44.4 Å². The van der Waals surface area contributed by atoms with Gasteiger partial charge in [0.05, 0.1) is 6.04 Å². The molecule has 6 N–H and O–H groups in total. The predicted molar refractivity (Wildman–Crippen MR) is 124 cm³/mol. The lowest BCUT2D eigenvalue weighted by atomic mass is 10.0. The zero-order chi connectivity index (χ0) is 23.6. The van der Waals surface area contributed by atoms with Crippen LogP contribution in [0.3, 0.4) is 0 Å². The lowest BCUT2D eigenvalue weighted by molar-refractivity contribution is -0.143. The van der Waals surface area contributed by atoms with Gasteiger partial charge in [-0.2, -0.15) is 25.3 Å².